The van der Waals surface area contributed by atoms with E-state index >= 15 is 0 Å². The van der Waals surface area contributed by atoms with Gasteiger partial charge in [0.15, 0.2) is 0 Å². The lowest BCUT2D eigenvalue weighted by atomic mass is 10.1. The number of nitrogen functional groups attached to an aromatic ring is 1. The van der Waals surface area contributed by atoms with Crippen LogP contribution in [0.25, 0.3) is 0 Å². The minimum Gasteiger partial charge on any atom is -0.456 e. The third kappa shape index (κ3) is 2.81. The number of rotatable bonds is 3. The van der Waals surface area contributed by atoms with Gasteiger partial charge in [-0.2, -0.15) is 0 Å². The number of primary amides is 1. The maximum absolute atomic E-state index is 11.3. The molecule has 1 amide bonds. The van der Waals surface area contributed by atoms with Crippen LogP contribution in [-0.2, 0) is 0 Å². The van der Waals surface area contributed by atoms with E-state index in [2.05, 4.69) is 15.9 Å². The highest BCUT2D eigenvalue weighted by molar-refractivity contribution is 9.10. The van der Waals surface area contributed by atoms with Gasteiger partial charge < -0.3 is 16.2 Å². The van der Waals surface area contributed by atoms with Gasteiger partial charge in [-0.05, 0) is 36.4 Å². The Morgan fingerprint density at radius 2 is 1.94 bits per heavy atom. The van der Waals surface area contributed by atoms with Crippen molar-refractivity contribution in [3.05, 3.63) is 52.5 Å². The summed E-state index contributed by atoms with van der Waals surface area (Å²) in [6.45, 7) is 0. The summed E-state index contributed by atoms with van der Waals surface area (Å²) in [7, 11) is 0. The zero-order valence-corrected chi connectivity index (χ0v) is 11.0. The van der Waals surface area contributed by atoms with Crippen LogP contribution < -0.4 is 16.2 Å². The Kier molecular flexibility index (Phi) is 3.53. The van der Waals surface area contributed by atoms with Crippen LogP contribution in [0.1, 0.15) is 10.4 Å². The highest BCUT2D eigenvalue weighted by Crippen LogP contribution is 2.28. The topological polar surface area (TPSA) is 78.3 Å². The van der Waals surface area contributed by atoms with E-state index in [9.17, 15) is 4.79 Å². The number of hydrogen-bond donors (Lipinski definition) is 2. The van der Waals surface area contributed by atoms with Gasteiger partial charge in [0.25, 0.3) is 5.91 Å². The largest absolute Gasteiger partial charge is 0.456 e. The minimum atomic E-state index is -0.577. The number of hydrogen-bond acceptors (Lipinski definition) is 3. The summed E-state index contributed by atoms with van der Waals surface area (Å²) in [6, 6.07) is 12.1. The van der Waals surface area contributed by atoms with Crippen molar-refractivity contribution in [3.63, 3.8) is 0 Å². The number of carbonyl (C=O) groups is 1. The highest BCUT2D eigenvalue weighted by Gasteiger charge is 2.10. The van der Waals surface area contributed by atoms with Crippen LogP contribution in [0.5, 0.6) is 11.5 Å². The van der Waals surface area contributed by atoms with E-state index in [4.69, 9.17) is 16.2 Å². The molecule has 0 aliphatic rings. The maximum atomic E-state index is 11.3. The number of amides is 1. The van der Waals surface area contributed by atoms with Crippen molar-refractivity contribution in [2.45, 2.75) is 0 Å². The van der Waals surface area contributed by atoms with E-state index in [1.807, 2.05) is 12.1 Å². The van der Waals surface area contributed by atoms with E-state index in [0.29, 0.717) is 17.2 Å². The molecule has 4 nitrogen and oxygen atoms in total. The molecule has 0 aromatic heterocycles. The van der Waals surface area contributed by atoms with E-state index in [1.54, 1.807) is 24.3 Å². The second-order valence-electron chi connectivity index (χ2n) is 3.68. The predicted molar refractivity (Wildman–Crippen MR) is 73.6 cm³/mol. The minimum absolute atomic E-state index is 0.259. The molecule has 0 aliphatic heterocycles. The number of halogens is 1. The predicted octanol–water partition coefficient (Wildman–Crippen LogP) is 2.92. The first-order chi connectivity index (χ1) is 8.56. The first-order valence-corrected chi connectivity index (χ1v) is 5.98. The molecule has 0 saturated carbocycles. The van der Waals surface area contributed by atoms with Gasteiger partial charge in [-0.1, -0.05) is 22.0 Å². The maximum Gasteiger partial charge on any atom is 0.252 e. The van der Waals surface area contributed by atoms with E-state index in [0.717, 1.165) is 4.47 Å². The van der Waals surface area contributed by atoms with E-state index in [-0.39, 0.29) is 5.56 Å². The molecule has 0 radical (unpaired) electrons. The summed E-state index contributed by atoms with van der Waals surface area (Å²) in [6.07, 6.45) is 0. The Balaban J connectivity index is 2.37. The standard InChI is InChI=1S/C13H11BrN2O2/c14-8-2-1-3-10(6-8)18-12-5-4-9(15)7-11(12)13(16)17/h1-7H,15H2,(H2,16,17). The van der Waals surface area contributed by atoms with Crippen LogP contribution >= 0.6 is 15.9 Å². The molecule has 18 heavy (non-hydrogen) atoms. The molecule has 0 heterocycles. The molecule has 2 aromatic carbocycles. The van der Waals surface area contributed by atoms with Gasteiger partial charge in [0.1, 0.15) is 11.5 Å². The molecule has 2 rings (SSSR count). The quantitative estimate of drug-likeness (QED) is 0.856. The smallest absolute Gasteiger partial charge is 0.252 e. The lowest BCUT2D eigenvalue weighted by Gasteiger charge is -2.10. The van der Waals surface area contributed by atoms with Crippen molar-refractivity contribution >= 4 is 27.5 Å². The SMILES string of the molecule is NC(=O)c1cc(N)ccc1Oc1cccc(Br)c1. The molecule has 92 valence electrons. The number of carbonyl (C=O) groups excluding carboxylic acids is 1. The summed E-state index contributed by atoms with van der Waals surface area (Å²) in [4.78, 5) is 11.3. The van der Waals surface area contributed by atoms with Crippen LogP contribution in [0.4, 0.5) is 5.69 Å². The molecule has 0 spiro atoms. The third-order valence-electron chi connectivity index (χ3n) is 2.29. The Labute approximate surface area is 113 Å². The molecule has 0 atom stereocenters. The highest BCUT2D eigenvalue weighted by atomic mass is 79.9. The van der Waals surface area contributed by atoms with Gasteiger partial charge in [-0.3, -0.25) is 4.79 Å². The van der Waals surface area contributed by atoms with Crippen molar-refractivity contribution in [2.75, 3.05) is 5.73 Å². The van der Waals surface area contributed by atoms with Gasteiger partial charge >= 0.3 is 0 Å². The molecule has 0 bridgehead atoms. The molecule has 4 N–H and O–H groups in total. The van der Waals surface area contributed by atoms with Gasteiger partial charge in [-0.15, -0.1) is 0 Å². The van der Waals surface area contributed by atoms with Crippen molar-refractivity contribution in [1.82, 2.24) is 0 Å². The number of anilines is 1. The molecule has 0 saturated heterocycles. The van der Waals surface area contributed by atoms with Crippen molar-refractivity contribution < 1.29 is 9.53 Å². The van der Waals surface area contributed by atoms with Crippen molar-refractivity contribution in [1.29, 1.82) is 0 Å². The second kappa shape index (κ2) is 5.10. The van der Waals surface area contributed by atoms with Crippen LogP contribution in [0.3, 0.4) is 0 Å². The van der Waals surface area contributed by atoms with Crippen LogP contribution in [0.15, 0.2) is 46.9 Å². The van der Waals surface area contributed by atoms with Crippen LogP contribution in [0.2, 0.25) is 0 Å². The first kappa shape index (κ1) is 12.4. The zero-order valence-electron chi connectivity index (χ0n) is 9.39. The van der Waals surface area contributed by atoms with E-state index in [1.165, 1.54) is 6.07 Å². The summed E-state index contributed by atoms with van der Waals surface area (Å²) in [5.74, 6) is 0.416. The molecule has 2 aromatic rings. The molecule has 5 heteroatoms. The van der Waals surface area contributed by atoms with Crippen LogP contribution in [-0.4, -0.2) is 5.91 Å². The van der Waals surface area contributed by atoms with Crippen LogP contribution in [0, 0.1) is 0 Å². The summed E-state index contributed by atoms with van der Waals surface area (Å²) < 4.78 is 6.51. The fourth-order valence-corrected chi connectivity index (χ4v) is 1.86. The fourth-order valence-electron chi connectivity index (χ4n) is 1.49. The number of ether oxygens (including phenoxy) is 1. The molecule has 0 aliphatic carbocycles. The molecular formula is C13H11BrN2O2. The van der Waals surface area contributed by atoms with Gasteiger partial charge in [0, 0.05) is 10.2 Å². The average molecular weight is 307 g/mol. The molecular weight excluding hydrogens is 296 g/mol. The number of benzene rings is 2. The first-order valence-electron chi connectivity index (χ1n) is 5.19. The normalized spacial score (nSPS) is 10.1. The van der Waals surface area contributed by atoms with Crippen molar-refractivity contribution in [3.8, 4) is 11.5 Å². The van der Waals surface area contributed by atoms with Crippen molar-refractivity contribution in [2.24, 2.45) is 5.73 Å². The Bertz CT molecular complexity index is 599. The van der Waals surface area contributed by atoms with Gasteiger partial charge in [0.2, 0.25) is 0 Å². The lowest BCUT2D eigenvalue weighted by molar-refractivity contribution is 0.0998. The zero-order chi connectivity index (χ0) is 13.1. The Hall–Kier alpha value is -2.01. The number of nitrogens with two attached hydrogens (primary N) is 2. The summed E-state index contributed by atoms with van der Waals surface area (Å²) in [5.41, 5.74) is 11.6. The summed E-state index contributed by atoms with van der Waals surface area (Å²) >= 11 is 3.34. The monoisotopic (exact) mass is 306 g/mol. The second-order valence-corrected chi connectivity index (χ2v) is 4.59. The fraction of sp³-hybridized carbons (Fsp3) is 0. The Morgan fingerprint density at radius 3 is 2.61 bits per heavy atom. The summed E-state index contributed by atoms with van der Waals surface area (Å²) in [5, 5.41) is 0. The third-order valence-corrected chi connectivity index (χ3v) is 2.79. The molecule has 0 unspecified atom stereocenters. The lowest BCUT2D eigenvalue weighted by Crippen LogP contribution is -2.12. The Morgan fingerprint density at radius 1 is 1.17 bits per heavy atom. The van der Waals surface area contributed by atoms with Gasteiger partial charge in [-0.25, -0.2) is 0 Å². The molecule has 0 fully saturated rings. The van der Waals surface area contributed by atoms with E-state index < -0.39 is 5.91 Å². The average Bonchev–Trinajstić information content (AvgIpc) is 2.31. The van der Waals surface area contributed by atoms with Gasteiger partial charge in [0.05, 0.1) is 5.56 Å².